The van der Waals surface area contributed by atoms with Crippen molar-refractivity contribution < 1.29 is 28.3 Å². The summed E-state index contributed by atoms with van der Waals surface area (Å²) in [6.45, 7) is 2.13. The molecule has 3 heterocycles. The number of benzene rings is 1. The third-order valence-corrected chi connectivity index (χ3v) is 5.57. The van der Waals surface area contributed by atoms with Gasteiger partial charge in [-0.1, -0.05) is 18.2 Å². The molecule has 1 aromatic carbocycles. The molecule has 0 saturated carbocycles. The first kappa shape index (κ1) is 24.5. The van der Waals surface area contributed by atoms with Gasteiger partial charge in [0.1, 0.15) is 11.5 Å². The van der Waals surface area contributed by atoms with E-state index in [-0.39, 0.29) is 42.7 Å². The van der Waals surface area contributed by atoms with Gasteiger partial charge in [-0.25, -0.2) is 4.79 Å². The van der Waals surface area contributed by atoms with Gasteiger partial charge in [0.2, 0.25) is 0 Å². The quantitative estimate of drug-likeness (QED) is 0.364. The zero-order valence-corrected chi connectivity index (χ0v) is 19.9. The number of aromatic nitrogens is 1. The number of amides is 2. The predicted octanol–water partition coefficient (Wildman–Crippen LogP) is 3.24. The molecular formula is C27H25N3O6. The largest absolute Gasteiger partial charge is 0.484 e. The Morgan fingerprint density at radius 1 is 1.14 bits per heavy atom. The topological polar surface area (TPSA) is 111 Å². The highest BCUT2D eigenvalue weighted by Gasteiger charge is 2.37. The first-order valence-corrected chi connectivity index (χ1v) is 11.2. The normalized spacial score (nSPS) is 14.3. The molecule has 184 valence electrons. The first-order chi connectivity index (χ1) is 17.5. The van der Waals surface area contributed by atoms with Gasteiger partial charge in [-0.15, -0.1) is 0 Å². The van der Waals surface area contributed by atoms with Gasteiger partial charge in [0, 0.05) is 18.1 Å². The van der Waals surface area contributed by atoms with Crippen LogP contribution < -0.4 is 10.1 Å². The van der Waals surface area contributed by atoms with Gasteiger partial charge in [-0.3, -0.25) is 14.6 Å². The van der Waals surface area contributed by atoms with Crippen LogP contribution in [0.4, 0.5) is 0 Å². The van der Waals surface area contributed by atoms with E-state index in [1.54, 1.807) is 67.9 Å². The molecule has 9 nitrogen and oxygen atoms in total. The molecule has 36 heavy (non-hydrogen) atoms. The van der Waals surface area contributed by atoms with Crippen molar-refractivity contribution in [2.24, 2.45) is 0 Å². The summed E-state index contributed by atoms with van der Waals surface area (Å²) in [5.41, 5.74) is 2.51. The van der Waals surface area contributed by atoms with E-state index >= 15 is 0 Å². The molecule has 2 amide bonds. The number of pyridine rings is 1. The average Bonchev–Trinajstić information content (AvgIpc) is 3.50. The molecule has 1 aliphatic rings. The van der Waals surface area contributed by atoms with Crippen molar-refractivity contribution in [2.75, 3.05) is 13.7 Å². The smallest absolute Gasteiger partial charge is 0.340 e. The monoisotopic (exact) mass is 487 g/mol. The third-order valence-electron chi connectivity index (χ3n) is 5.57. The van der Waals surface area contributed by atoms with E-state index in [1.165, 1.54) is 18.3 Å². The number of methoxy groups -OCH3 is 1. The molecule has 0 atom stereocenters. The summed E-state index contributed by atoms with van der Waals surface area (Å²) in [5, 5.41) is 2.70. The van der Waals surface area contributed by atoms with Crippen LogP contribution in [0, 0.1) is 0 Å². The van der Waals surface area contributed by atoms with Crippen LogP contribution in [0.15, 0.2) is 88.4 Å². The zero-order valence-electron chi connectivity index (χ0n) is 19.9. The SMILES string of the molecule is COC(=O)C1=C(C)N(Cc2cccnc2)C(=O)/C1=C\c1ccc(OCC(=O)NCc2ccco2)cc1. The summed E-state index contributed by atoms with van der Waals surface area (Å²) < 4.78 is 15.6. The number of hydrogen-bond donors (Lipinski definition) is 1. The number of carbonyl (C=O) groups excluding carboxylic acids is 3. The van der Waals surface area contributed by atoms with E-state index in [0.717, 1.165) is 5.56 Å². The Kier molecular flexibility index (Phi) is 7.60. The molecule has 0 aliphatic carbocycles. The lowest BCUT2D eigenvalue weighted by Crippen LogP contribution is -2.28. The highest BCUT2D eigenvalue weighted by atomic mass is 16.5. The molecule has 3 aromatic rings. The Morgan fingerprint density at radius 3 is 2.61 bits per heavy atom. The van der Waals surface area contributed by atoms with Crippen LogP contribution in [0.1, 0.15) is 23.8 Å². The molecule has 0 radical (unpaired) electrons. The number of hydrogen-bond acceptors (Lipinski definition) is 7. The van der Waals surface area contributed by atoms with Gasteiger partial charge in [0.25, 0.3) is 11.8 Å². The molecule has 9 heteroatoms. The van der Waals surface area contributed by atoms with Gasteiger partial charge in [-0.05, 0) is 54.5 Å². The summed E-state index contributed by atoms with van der Waals surface area (Å²) in [7, 11) is 1.28. The van der Waals surface area contributed by atoms with Gasteiger partial charge in [0.15, 0.2) is 6.61 Å². The van der Waals surface area contributed by atoms with Crippen LogP contribution in [0.3, 0.4) is 0 Å². The van der Waals surface area contributed by atoms with E-state index in [0.29, 0.717) is 22.8 Å². The van der Waals surface area contributed by atoms with E-state index in [1.807, 2.05) is 6.07 Å². The lowest BCUT2D eigenvalue weighted by molar-refractivity contribution is -0.136. The van der Waals surface area contributed by atoms with Crippen LogP contribution in [0.25, 0.3) is 6.08 Å². The van der Waals surface area contributed by atoms with Crippen LogP contribution >= 0.6 is 0 Å². The number of ether oxygens (including phenoxy) is 2. The molecule has 0 spiro atoms. The molecular weight excluding hydrogens is 462 g/mol. The molecule has 1 aliphatic heterocycles. The second kappa shape index (κ2) is 11.2. The molecule has 0 unspecified atom stereocenters. The van der Waals surface area contributed by atoms with Gasteiger partial charge >= 0.3 is 5.97 Å². The maximum atomic E-state index is 13.3. The van der Waals surface area contributed by atoms with Gasteiger partial charge < -0.3 is 24.1 Å². The Morgan fingerprint density at radius 2 is 1.94 bits per heavy atom. The fraction of sp³-hybridized carbons (Fsp3) is 0.185. The summed E-state index contributed by atoms with van der Waals surface area (Å²) in [5.74, 6) is -0.0317. The zero-order chi connectivity index (χ0) is 25.5. The second-order valence-corrected chi connectivity index (χ2v) is 7.98. The van der Waals surface area contributed by atoms with Crippen molar-refractivity contribution in [3.63, 3.8) is 0 Å². The Bertz CT molecular complexity index is 1300. The molecule has 2 aromatic heterocycles. The summed E-state index contributed by atoms with van der Waals surface area (Å²) in [6.07, 6.45) is 6.51. The van der Waals surface area contributed by atoms with Crippen molar-refractivity contribution in [1.82, 2.24) is 15.2 Å². The van der Waals surface area contributed by atoms with Crippen molar-refractivity contribution in [3.05, 3.63) is 101 Å². The van der Waals surface area contributed by atoms with Crippen molar-refractivity contribution in [1.29, 1.82) is 0 Å². The summed E-state index contributed by atoms with van der Waals surface area (Å²) in [4.78, 5) is 43.4. The van der Waals surface area contributed by atoms with E-state index in [2.05, 4.69) is 10.3 Å². The number of furan rings is 1. The van der Waals surface area contributed by atoms with Crippen LogP contribution in [0.2, 0.25) is 0 Å². The van der Waals surface area contributed by atoms with Gasteiger partial charge in [-0.2, -0.15) is 0 Å². The maximum absolute atomic E-state index is 13.3. The third kappa shape index (κ3) is 5.69. The van der Waals surface area contributed by atoms with Crippen molar-refractivity contribution in [3.8, 4) is 5.75 Å². The summed E-state index contributed by atoms with van der Waals surface area (Å²) >= 11 is 0. The fourth-order valence-electron chi connectivity index (χ4n) is 3.72. The minimum atomic E-state index is -0.582. The average molecular weight is 488 g/mol. The fourth-order valence-corrected chi connectivity index (χ4v) is 3.72. The minimum Gasteiger partial charge on any atom is -0.484 e. The highest BCUT2D eigenvalue weighted by molar-refractivity contribution is 6.16. The first-order valence-electron chi connectivity index (χ1n) is 11.2. The lowest BCUT2D eigenvalue weighted by atomic mass is 10.0. The van der Waals surface area contributed by atoms with E-state index in [9.17, 15) is 14.4 Å². The molecule has 0 saturated heterocycles. The van der Waals surface area contributed by atoms with Crippen molar-refractivity contribution >= 4 is 23.9 Å². The van der Waals surface area contributed by atoms with E-state index < -0.39 is 5.97 Å². The van der Waals surface area contributed by atoms with Crippen molar-refractivity contribution in [2.45, 2.75) is 20.0 Å². The Labute approximate surface area is 208 Å². The highest BCUT2D eigenvalue weighted by Crippen LogP contribution is 2.33. The predicted molar refractivity (Wildman–Crippen MR) is 130 cm³/mol. The standard InChI is InChI=1S/C27H25N3O6/c1-18-25(27(33)34-2)23(26(32)30(18)16-20-5-3-11-28-14-20)13-19-7-9-21(10-8-19)36-17-24(31)29-15-22-6-4-12-35-22/h3-14H,15-17H2,1-2H3,(H,29,31)/b23-13-. The maximum Gasteiger partial charge on any atom is 0.340 e. The lowest BCUT2D eigenvalue weighted by Gasteiger charge is -2.17. The van der Waals surface area contributed by atoms with Gasteiger partial charge in [0.05, 0.1) is 37.6 Å². The number of rotatable bonds is 9. The van der Waals surface area contributed by atoms with E-state index in [4.69, 9.17) is 13.9 Å². The van der Waals surface area contributed by atoms with Crippen LogP contribution in [-0.2, 0) is 32.2 Å². The molecule has 0 bridgehead atoms. The number of nitrogens with one attached hydrogen (secondary N) is 1. The number of allylic oxidation sites excluding steroid dienone is 1. The summed E-state index contributed by atoms with van der Waals surface area (Å²) in [6, 6.07) is 14.0. The Balaban J connectivity index is 1.45. The number of esters is 1. The Hall–Kier alpha value is -4.66. The second-order valence-electron chi connectivity index (χ2n) is 7.98. The molecule has 4 rings (SSSR count). The van der Waals surface area contributed by atoms with Crippen LogP contribution in [0.5, 0.6) is 5.75 Å². The minimum absolute atomic E-state index is 0.155. The number of carbonyl (C=O) groups is 3. The molecule has 0 fully saturated rings. The number of nitrogens with zero attached hydrogens (tertiary/aromatic N) is 2. The molecule has 1 N–H and O–H groups in total. The van der Waals surface area contributed by atoms with Crippen LogP contribution in [-0.4, -0.2) is 41.4 Å².